The molecule has 0 radical (unpaired) electrons. The number of fused-ring (bicyclic) bond motifs is 3. The number of esters is 1. The number of nitro groups is 1. The third kappa shape index (κ3) is 5.72. The maximum Gasteiger partial charge on any atom is 0.310 e. The van der Waals surface area contributed by atoms with Crippen molar-refractivity contribution in [3.8, 4) is 45.3 Å². The number of amides is 2. The Hall–Kier alpha value is -6.82. The lowest BCUT2D eigenvalue weighted by molar-refractivity contribution is -0.384. The van der Waals surface area contributed by atoms with Gasteiger partial charge in [-0.1, -0.05) is 62.4 Å². The Bertz CT molecular complexity index is 2380. The molecule has 12 heteroatoms. The number of methoxy groups -OCH3 is 3. The van der Waals surface area contributed by atoms with Gasteiger partial charge in [-0.3, -0.25) is 34.2 Å². The number of carbonyl (C=O) groups excluding carboxylic acids is 4. The number of benzene rings is 5. The van der Waals surface area contributed by atoms with Gasteiger partial charge >= 0.3 is 5.97 Å². The zero-order valence-electron chi connectivity index (χ0n) is 30.1. The lowest BCUT2D eigenvalue weighted by atomic mass is 9.72. The first-order valence-electron chi connectivity index (χ1n) is 16.9. The summed E-state index contributed by atoms with van der Waals surface area (Å²) in [6.45, 7) is 3.71. The normalized spacial score (nSPS) is 13.7. The first-order valence-corrected chi connectivity index (χ1v) is 16.9. The van der Waals surface area contributed by atoms with E-state index in [0.29, 0.717) is 61.6 Å². The molecule has 0 bridgehead atoms. The van der Waals surface area contributed by atoms with E-state index in [1.54, 1.807) is 60.7 Å². The molecule has 2 amide bonds. The summed E-state index contributed by atoms with van der Waals surface area (Å²) in [6.07, 6.45) is 0.469. The fraction of sp³-hybridized carbons (Fsp3) is 0.190. The fourth-order valence-corrected chi connectivity index (χ4v) is 7.30. The minimum Gasteiger partial charge on any atom is -0.496 e. The second kappa shape index (κ2) is 13.6. The topological polar surface area (TPSA) is 152 Å². The van der Waals surface area contributed by atoms with Gasteiger partial charge in [0.05, 0.1) is 55.9 Å². The number of aldehydes is 1. The molecule has 0 saturated carbocycles. The lowest BCUT2D eigenvalue weighted by Crippen LogP contribution is -2.31. The second-order valence-corrected chi connectivity index (χ2v) is 13.4. The molecule has 0 aliphatic carbocycles. The SMILES string of the molecule is COC(=O)Cc1c(OC)c(-c2cccc([N+](=O)[O-])c2)cc2c1Oc1c(cc(-c3ccc(C=O)cc3)c(OC)c1CN1C(=O)c3ccccc3C1=O)C2(C)C. The van der Waals surface area contributed by atoms with Gasteiger partial charge < -0.3 is 18.9 Å². The van der Waals surface area contributed by atoms with Gasteiger partial charge in [-0.25, -0.2) is 0 Å². The van der Waals surface area contributed by atoms with Crippen LogP contribution in [0.15, 0.2) is 84.9 Å². The van der Waals surface area contributed by atoms with Gasteiger partial charge in [0.2, 0.25) is 0 Å². The first kappa shape index (κ1) is 35.6. The van der Waals surface area contributed by atoms with Crippen LogP contribution in [-0.2, 0) is 27.9 Å². The molecule has 272 valence electrons. The molecule has 0 unspecified atom stereocenters. The molecule has 7 rings (SSSR count). The predicted molar refractivity (Wildman–Crippen MR) is 197 cm³/mol. The van der Waals surface area contributed by atoms with Crippen LogP contribution in [0, 0.1) is 10.1 Å². The highest BCUT2D eigenvalue weighted by Crippen LogP contribution is 2.57. The molecule has 2 aliphatic rings. The molecule has 12 nitrogen and oxygen atoms in total. The number of rotatable bonds is 10. The largest absolute Gasteiger partial charge is 0.496 e. The van der Waals surface area contributed by atoms with Gasteiger partial charge in [-0.15, -0.1) is 0 Å². The van der Waals surface area contributed by atoms with Crippen molar-refractivity contribution in [1.29, 1.82) is 0 Å². The van der Waals surface area contributed by atoms with Gasteiger partial charge in [0.25, 0.3) is 17.5 Å². The molecule has 0 spiro atoms. The van der Waals surface area contributed by atoms with E-state index in [4.69, 9.17) is 18.9 Å². The van der Waals surface area contributed by atoms with Crippen molar-refractivity contribution in [2.45, 2.75) is 32.2 Å². The highest BCUT2D eigenvalue weighted by atomic mass is 16.6. The summed E-state index contributed by atoms with van der Waals surface area (Å²) in [7, 11) is 4.18. The average molecular weight is 727 g/mol. The smallest absolute Gasteiger partial charge is 0.310 e. The van der Waals surface area contributed by atoms with Crippen LogP contribution in [0.3, 0.4) is 0 Å². The molecule has 0 saturated heterocycles. The third-order valence-corrected chi connectivity index (χ3v) is 10.1. The highest BCUT2D eigenvalue weighted by Gasteiger charge is 2.43. The van der Waals surface area contributed by atoms with E-state index in [1.807, 2.05) is 26.0 Å². The molecular formula is C42H34N2O10. The van der Waals surface area contributed by atoms with Crippen molar-refractivity contribution >= 4 is 29.8 Å². The summed E-state index contributed by atoms with van der Waals surface area (Å²) < 4.78 is 24.0. The van der Waals surface area contributed by atoms with Crippen molar-refractivity contribution in [1.82, 2.24) is 4.90 Å². The number of hydrogen-bond acceptors (Lipinski definition) is 10. The van der Waals surface area contributed by atoms with Gasteiger partial charge in [-0.2, -0.15) is 0 Å². The summed E-state index contributed by atoms with van der Waals surface area (Å²) in [4.78, 5) is 64.5. The number of hydrogen-bond donors (Lipinski definition) is 0. The zero-order valence-corrected chi connectivity index (χ0v) is 30.1. The number of ether oxygens (including phenoxy) is 4. The van der Waals surface area contributed by atoms with Crippen molar-refractivity contribution in [3.05, 3.63) is 134 Å². The van der Waals surface area contributed by atoms with Crippen molar-refractivity contribution < 1.29 is 43.0 Å². The minimum absolute atomic E-state index is 0.127. The van der Waals surface area contributed by atoms with Gasteiger partial charge in [0, 0.05) is 50.9 Å². The standard InChI is InChI=1S/C42H34N2O10/c1-42(2)33-19-30(25-9-8-10-26(17-25)44(49)50)36(52-4)31(20-35(46)51-3)38(33)54-39-32(21-43-40(47)27-11-6-7-12-28(27)41(43)48)37(53-5)29(18-34(39)42)24-15-13-23(22-45)14-16-24/h6-19,22H,20-21H2,1-5H3. The van der Waals surface area contributed by atoms with Crippen molar-refractivity contribution in [2.24, 2.45) is 0 Å². The first-order chi connectivity index (χ1) is 25.9. The minimum atomic E-state index is -0.907. The van der Waals surface area contributed by atoms with E-state index in [-0.39, 0.29) is 41.3 Å². The van der Waals surface area contributed by atoms with Crippen LogP contribution < -0.4 is 14.2 Å². The Kier molecular flexibility index (Phi) is 8.98. The van der Waals surface area contributed by atoms with E-state index >= 15 is 0 Å². The Morgan fingerprint density at radius 2 is 1.35 bits per heavy atom. The number of imide groups is 1. The molecule has 0 fully saturated rings. The summed E-state index contributed by atoms with van der Waals surface area (Å²) in [5, 5.41) is 11.8. The van der Waals surface area contributed by atoms with Gasteiger partial charge in [0.1, 0.15) is 29.3 Å². The van der Waals surface area contributed by atoms with E-state index in [0.717, 1.165) is 11.2 Å². The van der Waals surface area contributed by atoms with E-state index in [2.05, 4.69) is 0 Å². The summed E-state index contributed by atoms with van der Waals surface area (Å²) >= 11 is 0. The van der Waals surface area contributed by atoms with Crippen LogP contribution in [-0.4, -0.2) is 55.2 Å². The molecule has 54 heavy (non-hydrogen) atoms. The molecule has 2 aliphatic heterocycles. The number of non-ortho nitro benzene ring substituents is 1. The maximum atomic E-state index is 13.7. The Morgan fingerprint density at radius 1 is 0.778 bits per heavy atom. The lowest BCUT2D eigenvalue weighted by Gasteiger charge is -2.39. The number of carbonyl (C=O) groups is 4. The molecule has 5 aromatic rings. The highest BCUT2D eigenvalue weighted by molar-refractivity contribution is 6.21. The molecular weight excluding hydrogens is 692 g/mol. The van der Waals surface area contributed by atoms with Crippen LogP contribution >= 0.6 is 0 Å². The number of nitro benzene ring substituents is 1. The number of nitrogens with zero attached hydrogens (tertiary/aromatic N) is 2. The zero-order chi connectivity index (χ0) is 38.5. The van der Waals surface area contributed by atoms with E-state index < -0.39 is 28.1 Å². The summed E-state index contributed by atoms with van der Waals surface area (Å²) in [5.41, 5.74) is 4.30. The monoisotopic (exact) mass is 726 g/mol. The average Bonchev–Trinajstić information content (AvgIpc) is 3.42. The third-order valence-electron chi connectivity index (χ3n) is 10.1. The predicted octanol–water partition coefficient (Wildman–Crippen LogP) is 7.70. The Labute approximate surface area is 310 Å². The van der Waals surface area contributed by atoms with Crippen LogP contribution in [0.1, 0.15) is 67.2 Å². The van der Waals surface area contributed by atoms with Crippen molar-refractivity contribution in [3.63, 3.8) is 0 Å². The molecule has 0 aromatic heterocycles. The quantitative estimate of drug-likeness (QED) is 0.0460. The summed E-state index contributed by atoms with van der Waals surface area (Å²) in [5.74, 6) is -0.354. The molecule has 5 aromatic carbocycles. The molecule has 0 N–H and O–H groups in total. The Balaban J connectivity index is 1.51. The maximum absolute atomic E-state index is 13.7. The van der Waals surface area contributed by atoms with Crippen LogP contribution in [0.25, 0.3) is 22.3 Å². The molecule has 0 atom stereocenters. The molecule has 2 heterocycles. The van der Waals surface area contributed by atoms with E-state index in [9.17, 15) is 29.3 Å². The van der Waals surface area contributed by atoms with Crippen LogP contribution in [0.2, 0.25) is 0 Å². The van der Waals surface area contributed by atoms with Crippen LogP contribution in [0.5, 0.6) is 23.0 Å². The summed E-state index contributed by atoms with van der Waals surface area (Å²) in [6, 6.07) is 23.4. The second-order valence-electron chi connectivity index (χ2n) is 13.4. The van der Waals surface area contributed by atoms with Gasteiger partial charge in [0.15, 0.2) is 0 Å². The van der Waals surface area contributed by atoms with Crippen molar-refractivity contribution in [2.75, 3.05) is 21.3 Å². The van der Waals surface area contributed by atoms with Gasteiger partial charge in [-0.05, 0) is 35.4 Å². The van der Waals surface area contributed by atoms with Crippen LogP contribution in [0.4, 0.5) is 5.69 Å². The van der Waals surface area contributed by atoms with E-state index in [1.165, 1.54) is 33.5 Å². The fourth-order valence-electron chi connectivity index (χ4n) is 7.30. The Morgan fingerprint density at radius 3 is 1.91 bits per heavy atom.